The van der Waals surface area contributed by atoms with Gasteiger partial charge in [0.15, 0.2) is 0 Å². The lowest BCUT2D eigenvalue weighted by molar-refractivity contribution is 0.580. The molecule has 0 aliphatic heterocycles. The number of hydrazone groups is 1. The first kappa shape index (κ1) is 19.8. The van der Waals surface area contributed by atoms with Gasteiger partial charge < -0.3 is 0 Å². The molecule has 0 atom stereocenters. The first-order valence-corrected chi connectivity index (χ1v) is 10.4. The predicted molar refractivity (Wildman–Crippen MR) is 112 cm³/mol. The van der Waals surface area contributed by atoms with Crippen LogP contribution in [0.25, 0.3) is 11.3 Å². The van der Waals surface area contributed by atoms with Gasteiger partial charge in [-0.3, -0.25) is 5.10 Å². The van der Waals surface area contributed by atoms with Crippen molar-refractivity contribution in [1.82, 2.24) is 15.0 Å². The van der Waals surface area contributed by atoms with Gasteiger partial charge in [0, 0.05) is 11.1 Å². The minimum atomic E-state index is -3.74. The molecule has 2 aromatic carbocycles. The fraction of sp³-hybridized carbons (Fsp3) is 0.238. The number of benzene rings is 2. The number of aromatic nitrogens is 2. The van der Waals surface area contributed by atoms with Crippen LogP contribution in [0.15, 0.2) is 64.7 Å². The molecule has 0 aliphatic rings. The number of nitrogens with zero attached hydrogens (tertiary/aromatic N) is 2. The Kier molecular flexibility index (Phi) is 5.38. The van der Waals surface area contributed by atoms with Crippen LogP contribution in [-0.2, 0) is 15.4 Å². The summed E-state index contributed by atoms with van der Waals surface area (Å²) in [5.41, 5.74) is 4.60. The molecule has 2 N–H and O–H groups in total. The third kappa shape index (κ3) is 4.48. The molecule has 0 amide bonds. The van der Waals surface area contributed by atoms with Crippen molar-refractivity contribution >= 4 is 16.2 Å². The molecule has 3 aromatic rings. The predicted octanol–water partition coefficient (Wildman–Crippen LogP) is 4.00. The number of nitrogens with one attached hydrogen (secondary N) is 2. The van der Waals surface area contributed by atoms with Gasteiger partial charge in [-0.15, -0.1) is 0 Å². The Morgan fingerprint density at radius 1 is 1.04 bits per heavy atom. The summed E-state index contributed by atoms with van der Waals surface area (Å²) < 4.78 is 24.9. The summed E-state index contributed by atoms with van der Waals surface area (Å²) in [6.45, 7) is 8.25. The topological polar surface area (TPSA) is 87.2 Å². The minimum Gasteiger partial charge on any atom is -0.277 e. The van der Waals surface area contributed by atoms with Crippen molar-refractivity contribution in [3.8, 4) is 11.3 Å². The zero-order valence-corrected chi connectivity index (χ0v) is 17.2. The number of sulfonamides is 1. The van der Waals surface area contributed by atoms with Gasteiger partial charge in [-0.05, 0) is 30.0 Å². The van der Waals surface area contributed by atoms with Crippen LogP contribution in [0.1, 0.15) is 37.5 Å². The molecule has 6 nitrogen and oxygen atoms in total. The van der Waals surface area contributed by atoms with Crippen LogP contribution in [0.2, 0.25) is 0 Å². The zero-order chi connectivity index (χ0) is 20.4. The Hall–Kier alpha value is -2.93. The molecule has 1 aromatic heterocycles. The van der Waals surface area contributed by atoms with E-state index in [9.17, 15) is 8.42 Å². The van der Waals surface area contributed by atoms with E-state index in [-0.39, 0.29) is 10.3 Å². The number of aryl methyl sites for hydroxylation is 1. The second kappa shape index (κ2) is 7.59. The van der Waals surface area contributed by atoms with Gasteiger partial charge in [-0.25, -0.2) is 4.83 Å². The highest BCUT2D eigenvalue weighted by atomic mass is 32.2. The molecule has 28 heavy (non-hydrogen) atoms. The van der Waals surface area contributed by atoms with E-state index in [1.165, 1.54) is 6.21 Å². The van der Waals surface area contributed by atoms with Crippen molar-refractivity contribution in [3.05, 3.63) is 71.4 Å². The van der Waals surface area contributed by atoms with Crippen molar-refractivity contribution in [3.63, 3.8) is 0 Å². The largest absolute Gasteiger partial charge is 0.277 e. The first-order valence-electron chi connectivity index (χ1n) is 8.93. The van der Waals surface area contributed by atoms with Crippen LogP contribution in [0.5, 0.6) is 0 Å². The number of aromatic amines is 1. The molecule has 0 unspecified atom stereocenters. The third-order valence-electron chi connectivity index (χ3n) is 4.42. The van der Waals surface area contributed by atoms with Gasteiger partial charge in [-0.1, -0.05) is 62.7 Å². The summed E-state index contributed by atoms with van der Waals surface area (Å²) in [4.78, 5) is 2.43. The van der Waals surface area contributed by atoms with Crippen molar-refractivity contribution in [2.75, 3.05) is 0 Å². The van der Waals surface area contributed by atoms with Crippen molar-refractivity contribution in [1.29, 1.82) is 0 Å². The Bertz CT molecular complexity index is 1070. The lowest BCUT2D eigenvalue weighted by atomic mass is 9.87. The Morgan fingerprint density at radius 2 is 1.68 bits per heavy atom. The third-order valence-corrected chi connectivity index (χ3v) is 5.65. The standard InChI is InChI=1S/C21H24N4O2S/c1-15-5-7-16(8-6-15)20-17(13-22-24-20)14-23-25-28(26,27)19-11-9-18(10-12-19)21(2,3)4/h5-14,25H,1-4H3,(H,22,24)/b23-14+. The van der Waals surface area contributed by atoms with E-state index in [0.717, 1.165) is 22.4 Å². The molecule has 7 heteroatoms. The zero-order valence-electron chi connectivity index (χ0n) is 16.4. The van der Waals surface area contributed by atoms with E-state index >= 15 is 0 Å². The highest BCUT2D eigenvalue weighted by Crippen LogP contribution is 2.23. The normalized spacial score (nSPS) is 12.4. The van der Waals surface area contributed by atoms with E-state index in [0.29, 0.717) is 5.56 Å². The molecule has 146 valence electrons. The summed E-state index contributed by atoms with van der Waals surface area (Å²) in [5.74, 6) is 0. The molecule has 0 saturated carbocycles. The summed E-state index contributed by atoms with van der Waals surface area (Å²) in [7, 11) is -3.74. The maximum atomic E-state index is 12.5. The summed E-state index contributed by atoms with van der Waals surface area (Å²) in [6, 6.07) is 14.8. The van der Waals surface area contributed by atoms with E-state index in [1.54, 1.807) is 18.3 Å². The van der Waals surface area contributed by atoms with Gasteiger partial charge in [-0.2, -0.15) is 18.6 Å². The Balaban J connectivity index is 1.76. The average molecular weight is 397 g/mol. The molecule has 0 spiro atoms. The van der Waals surface area contributed by atoms with E-state index in [1.807, 2.05) is 43.3 Å². The van der Waals surface area contributed by atoms with Gasteiger partial charge in [0.05, 0.1) is 23.0 Å². The first-order chi connectivity index (χ1) is 13.2. The molecule has 1 heterocycles. The van der Waals surface area contributed by atoms with Crippen molar-refractivity contribution < 1.29 is 8.42 Å². The second-order valence-electron chi connectivity index (χ2n) is 7.69. The number of hydrogen-bond acceptors (Lipinski definition) is 4. The second-order valence-corrected chi connectivity index (χ2v) is 9.35. The lowest BCUT2D eigenvalue weighted by Crippen LogP contribution is -2.19. The summed E-state index contributed by atoms with van der Waals surface area (Å²) >= 11 is 0. The fourth-order valence-corrected chi connectivity index (χ4v) is 3.49. The molecule has 0 fully saturated rings. The summed E-state index contributed by atoms with van der Waals surface area (Å²) in [5, 5.41) is 10.9. The fourth-order valence-electron chi connectivity index (χ4n) is 2.70. The quantitative estimate of drug-likeness (QED) is 0.505. The lowest BCUT2D eigenvalue weighted by Gasteiger charge is -2.19. The van der Waals surface area contributed by atoms with Gasteiger partial charge in [0.1, 0.15) is 0 Å². The molecular formula is C21H24N4O2S. The molecular weight excluding hydrogens is 372 g/mol. The monoisotopic (exact) mass is 396 g/mol. The number of rotatable bonds is 5. The van der Waals surface area contributed by atoms with E-state index in [4.69, 9.17) is 0 Å². The smallest absolute Gasteiger partial charge is 0.276 e. The van der Waals surface area contributed by atoms with Gasteiger partial charge in [0.2, 0.25) is 0 Å². The maximum Gasteiger partial charge on any atom is 0.276 e. The van der Waals surface area contributed by atoms with Crippen molar-refractivity contribution in [2.45, 2.75) is 38.0 Å². The van der Waals surface area contributed by atoms with E-state index in [2.05, 4.69) is 40.9 Å². The van der Waals surface area contributed by atoms with Crippen LogP contribution in [0.3, 0.4) is 0 Å². The maximum absolute atomic E-state index is 12.5. The SMILES string of the molecule is Cc1ccc(-c2[nH]ncc2/C=N/NS(=O)(=O)c2ccc(C(C)(C)C)cc2)cc1. The van der Waals surface area contributed by atoms with Crippen LogP contribution < -0.4 is 4.83 Å². The van der Waals surface area contributed by atoms with Crippen LogP contribution in [-0.4, -0.2) is 24.8 Å². The minimum absolute atomic E-state index is 0.0401. The number of H-pyrrole nitrogens is 1. The Morgan fingerprint density at radius 3 is 2.29 bits per heavy atom. The van der Waals surface area contributed by atoms with Gasteiger partial charge >= 0.3 is 0 Å². The molecule has 0 aliphatic carbocycles. The average Bonchev–Trinajstić information content (AvgIpc) is 3.10. The molecule has 0 radical (unpaired) electrons. The molecule has 0 bridgehead atoms. The molecule has 3 rings (SSSR count). The van der Waals surface area contributed by atoms with E-state index < -0.39 is 10.0 Å². The highest BCUT2D eigenvalue weighted by Gasteiger charge is 2.17. The Labute approximate surface area is 165 Å². The van der Waals surface area contributed by atoms with Crippen molar-refractivity contribution in [2.24, 2.45) is 5.10 Å². The van der Waals surface area contributed by atoms with Gasteiger partial charge in [0.25, 0.3) is 10.0 Å². The number of hydrogen-bond donors (Lipinski definition) is 2. The van der Waals surface area contributed by atoms with Crippen LogP contribution in [0.4, 0.5) is 0 Å². The van der Waals surface area contributed by atoms with Crippen LogP contribution >= 0.6 is 0 Å². The van der Waals surface area contributed by atoms with Crippen LogP contribution in [0, 0.1) is 6.92 Å². The molecule has 0 saturated heterocycles. The highest BCUT2D eigenvalue weighted by molar-refractivity contribution is 7.89. The summed E-state index contributed by atoms with van der Waals surface area (Å²) in [6.07, 6.45) is 3.05.